The number of furan rings is 1. The average molecular weight is 407 g/mol. The van der Waals surface area contributed by atoms with E-state index in [-0.39, 0.29) is 27.5 Å². The van der Waals surface area contributed by atoms with E-state index in [0.717, 1.165) is 6.07 Å². The van der Waals surface area contributed by atoms with Crippen LogP contribution in [0, 0.1) is 12.7 Å². The van der Waals surface area contributed by atoms with E-state index in [1.807, 2.05) is 0 Å². The summed E-state index contributed by atoms with van der Waals surface area (Å²) in [6.07, 6.45) is 1.37. The predicted octanol–water partition coefficient (Wildman–Crippen LogP) is 5.54. The minimum atomic E-state index is -0.650. The molecule has 0 radical (unpaired) electrons. The number of rotatable bonds is 4. The molecule has 0 fully saturated rings. The van der Waals surface area contributed by atoms with Crippen LogP contribution in [0.5, 0.6) is 0 Å². The van der Waals surface area contributed by atoms with Crippen LogP contribution in [-0.2, 0) is 0 Å². The Balaban J connectivity index is 1.81. The normalized spacial score (nSPS) is 10.5. The highest BCUT2D eigenvalue weighted by molar-refractivity contribution is 6.36. The lowest BCUT2D eigenvalue weighted by Crippen LogP contribution is -2.15. The number of hydrogen-bond acceptors (Lipinski definition) is 3. The van der Waals surface area contributed by atoms with E-state index < -0.39 is 17.6 Å². The molecule has 1 aromatic heterocycles. The summed E-state index contributed by atoms with van der Waals surface area (Å²) in [5.41, 5.74) is 0.648. The highest BCUT2D eigenvalue weighted by atomic mass is 35.5. The summed E-state index contributed by atoms with van der Waals surface area (Å²) in [7, 11) is 0. The van der Waals surface area contributed by atoms with Gasteiger partial charge < -0.3 is 15.1 Å². The number of anilines is 2. The smallest absolute Gasteiger partial charge is 0.259 e. The molecular weight excluding hydrogens is 394 g/mol. The zero-order chi connectivity index (χ0) is 19.6. The molecule has 0 saturated heterocycles. The van der Waals surface area contributed by atoms with Crippen molar-refractivity contribution in [3.63, 3.8) is 0 Å². The van der Waals surface area contributed by atoms with Crippen molar-refractivity contribution in [1.29, 1.82) is 0 Å². The van der Waals surface area contributed by atoms with Crippen molar-refractivity contribution in [1.82, 2.24) is 0 Å². The van der Waals surface area contributed by atoms with Gasteiger partial charge in [-0.15, -0.1) is 0 Å². The maximum absolute atomic E-state index is 14.1. The molecule has 0 aliphatic rings. The Morgan fingerprint density at radius 2 is 1.70 bits per heavy atom. The van der Waals surface area contributed by atoms with Gasteiger partial charge in [0, 0.05) is 10.7 Å². The van der Waals surface area contributed by atoms with Crippen molar-refractivity contribution in [3.8, 4) is 0 Å². The van der Waals surface area contributed by atoms with Crippen LogP contribution in [0.4, 0.5) is 15.8 Å². The van der Waals surface area contributed by atoms with E-state index in [1.54, 1.807) is 13.0 Å². The van der Waals surface area contributed by atoms with Crippen molar-refractivity contribution in [3.05, 3.63) is 81.5 Å². The lowest BCUT2D eigenvalue weighted by atomic mass is 10.2. The Morgan fingerprint density at radius 1 is 0.963 bits per heavy atom. The van der Waals surface area contributed by atoms with E-state index in [9.17, 15) is 14.0 Å². The van der Waals surface area contributed by atoms with Gasteiger partial charge in [0.15, 0.2) is 0 Å². The van der Waals surface area contributed by atoms with Crippen molar-refractivity contribution in [2.45, 2.75) is 6.92 Å². The zero-order valence-corrected chi connectivity index (χ0v) is 15.5. The van der Waals surface area contributed by atoms with Gasteiger partial charge in [0.1, 0.15) is 11.6 Å². The number of aryl methyl sites for hydroxylation is 1. The SMILES string of the molecule is Cc1occc1C(=O)Nc1cc(NC(=O)c2cc(Cl)ccc2Cl)ccc1F. The standard InChI is InChI=1S/C19H13Cl2FN2O3/c1-10-13(6-7-27-10)18(25)24-17-9-12(3-5-16(17)22)23-19(26)14-8-11(20)2-4-15(14)21/h2-9H,1H3,(H,23,26)(H,24,25). The molecule has 2 amide bonds. The van der Waals surface area contributed by atoms with Crippen LogP contribution in [0.2, 0.25) is 10.0 Å². The molecule has 138 valence electrons. The van der Waals surface area contributed by atoms with Crippen LogP contribution in [0.15, 0.2) is 53.1 Å². The fourth-order valence-electron chi connectivity index (χ4n) is 2.38. The Labute approximate surface area is 164 Å². The van der Waals surface area contributed by atoms with Gasteiger partial charge in [0.05, 0.1) is 28.1 Å². The largest absolute Gasteiger partial charge is 0.469 e. The number of halogens is 3. The quantitative estimate of drug-likeness (QED) is 0.597. The Hall–Kier alpha value is -2.83. The van der Waals surface area contributed by atoms with E-state index in [4.69, 9.17) is 27.6 Å². The van der Waals surface area contributed by atoms with Crippen LogP contribution in [-0.4, -0.2) is 11.8 Å². The summed E-state index contributed by atoms with van der Waals surface area (Å²) < 4.78 is 19.1. The van der Waals surface area contributed by atoms with Gasteiger partial charge in [-0.05, 0) is 49.4 Å². The maximum Gasteiger partial charge on any atom is 0.259 e. The molecule has 27 heavy (non-hydrogen) atoms. The lowest BCUT2D eigenvalue weighted by Gasteiger charge is -2.11. The van der Waals surface area contributed by atoms with Crippen molar-refractivity contribution >= 4 is 46.4 Å². The summed E-state index contributed by atoms with van der Waals surface area (Å²) in [4.78, 5) is 24.6. The summed E-state index contributed by atoms with van der Waals surface area (Å²) in [5.74, 6) is -1.28. The number of carbonyl (C=O) groups excluding carboxylic acids is 2. The molecule has 1 heterocycles. The van der Waals surface area contributed by atoms with E-state index in [1.165, 1.54) is 36.6 Å². The first-order valence-electron chi connectivity index (χ1n) is 7.76. The topological polar surface area (TPSA) is 71.3 Å². The lowest BCUT2D eigenvalue weighted by molar-refractivity contribution is 0.101. The Bertz CT molecular complexity index is 1030. The number of hydrogen-bond donors (Lipinski definition) is 2. The molecule has 3 rings (SSSR count). The molecule has 8 heteroatoms. The fourth-order valence-corrected chi connectivity index (χ4v) is 2.75. The molecule has 0 atom stereocenters. The molecule has 0 saturated carbocycles. The van der Waals surface area contributed by atoms with Crippen LogP contribution in [0.1, 0.15) is 26.5 Å². The van der Waals surface area contributed by atoms with Gasteiger partial charge >= 0.3 is 0 Å². The van der Waals surface area contributed by atoms with Gasteiger partial charge in [-0.25, -0.2) is 4.39 Å². The van der Waals surface area contributed by atoms with Crippen LogP contribution in [0.3, 0.4) is 0 Å². The summed E-state index contributed by atoms with van der Waals surface area (Å²) >= 11 is 11.9. The Morgan fingerprint density at radius 3 is 2.41 bits per heavy atom. The number of benzene rings is 2. The fraction of sp³-hybridized carbons (Fsp3) is 0.0526. The number of nitrogens with one attached hydrogen (secondary N) is 2. The minimum absolute atomic E-state index is 0.0874. The molecule has 0 spiro atoms. The van der Waals surface area contributed by atoms with Crippen LogP contribution < -0.4 is 10.6 Å². The molecule has 2 N–H and O–H groups in total. The second kappa shape index (κ2) is 7.82. The molecule has 0 unspecified atom stereocenters. The van der Waals surface area contributed by atoms with E-state index in [2.05, 4.69) is 10.6 Å². The van der Waals surface area contributed by atoms with Crippen LogP contribution in [0.25, 0.3) is 0 Å². The minimum Gasteiger partial charge on any atom is -0.469 e. The van der Waals surface area contributed by atoms with Crippen LogP contribution >= 0.6 is 23.2 Å². The predicted molar refractivity (Wildman–Crippen MR) is 102 cm³/mol. The van der Waals surface area contributed by atoms with Crippen molar-refractivity contribution in [2.24, 2.45) is 0 Å². The third-order valence-corrected chi connectivity index (χ3v) is 4.31. The van der Waals surface area contributed by atoms with E-state index in [0.29, 0.717) is 10.8 Å². The Kier molecular flexibility index (Phi) is 5.48. The van der Waals surface area contributed by atoms with Gasteiger partial charge in [0.25, 0.3) is 11.8 Å². The molecule has 3 aromatic rings. The van der Waals surface area contributed by atoms with Gasteiger partial charge in [-0.1, -0.05) is 23.2 Å². The molecule has 5 nitrogen and oxygen atoms in total. The van der Waals surface area contributed by atoms with Gasteiger partial charge in [-0.2, -0.15) is 0 Å². The first kappa shape index (κ1) is 18.9. The van der Waals surface area contributed by atoms with Gasteiger partial charge in [-0.3, -0.25) is 9.59 Å². The van der Waals surface area contributed by atoms with Crippen molar-refractivity contribution in [2.75, 3.05) is 10.6 Å². The first-order chi connectivity index (χ1) is 12.8. The van der Waals surface area contributed by atoms with Crippen molar-refractivity contribution < 1.29 is 18.4 Å². The molecular formula is C19H13Cl2FN2O3. The summed E-state index contributed by atoms with van der Waals surface area (Å²) in [6, 6.07) is 9.77. The highest BCUT2D eigenvalue weighted by Crippen LogP contribution is 2.24. The maximum atomic E-state index is 14.1. The van der Waals surface area contributed by atoms with Gasteiger partial charge in [0.2, 0.25) is 0 Å². The third-order valence-electron chi connectivity index (χ3n) is 3.75. The molecule has 2 aromatic carbocycles. The number of amides is 2. The zero-order valence-electron chi connectivity index (χ0n) is 14.0. The number of carbonyl (C=O) groups is 2. The summed E-state index contributed by atoms with van der Waals surface area (Å²) in [6.45, 7) is 1.62. The summed E-state index contributed by atoms with van der Waals surface area (Å²) in [5, 5.41) is 5.63. The monoisotopic (exact) mass is 406 g/mol. The second-order valence-corrected chi connectivity index (χ2v) is 6.46. The molecule has 0 aliphatic carbocycles. The molecule has 0 aliphatic heterocycles. The first-order valence-corrected chi connectivity index (χ1v) is 8.52. The average Bonchev–Trinajstić information content (AvgIpc) is 3.06. The third kappa shape index (κ3) is 4.30. The van der Waals surface area contributed by atoms with E-state index >= 15 is 0 Å². The highest BCUT2D eigenvalue weighted by Gasteiger charge is 2.16. The molecule has 0 bridgehead atoms. The second-order valence-electron chi connectivity index (χ2n) is 5.62.